The highest BCUT2D eigenvalue weighted by molar-refractivity contribution is 5.81. The summed E-state index contributed by atoms with van der Waals surface area (Å²) in [7, 11) is 0. The third-order valence-electron chi connectivity index (χ3n) is 7.41. The minimum Gasteiger partial charge on any atom is -0.321 e. The molecule has 1 saturated carbocycles. The van der Waals surface area contributed by atoms with Crippen LogP contribution in [0.4, 0.5) is 0 Å². The van der Waals surface area contributed by atoms with Gasteiger partial charge in [0.1, 0.15) is 0 Å². The lowest BCUT2D eigenvalue weighted by Crippen LogP contribution is -2.39. The van der Waals surface area contributed by atoms with Crippen LogP contribution in [0.5, 0.6) is 0 Å². The van der Waals surface area contributed by atoms with Crippen LogP contribution in [0.15, 0.2) is 59.4 Å². The largest absolute Gasteiger partial charge is 0.321 e. The average molecular weight is 471 g/mol. The molecule has 1 fully saturated rings. The number of benzene rings is 2. The Balaban J connectivity index is 1.45. The highest BCUT2D eigenvalue weighted by Gasteiger charge is 2.32. The molecule has 2 heterocycles. The van der Waals surface area contributed by atoms with Gasteiger partial charge in [-0.1, -0.05) is 68.3 Å². The minimum atomic E-state index is -0.00619. The summed E-state index contributed by atoms with van der Waals surface area (Å²) in [4.78, 5) is 18.8. The molecule has 182 valence electrons. The van der Waals surface area contributed by atoms with E-state index in [0.717, 1.165) is 60.1 Å². The van der Waals surface area contributed by atoms with E-state index >= 15 is 0 Å². The van der Waals surface area contributed by atoms with Gasteiger partial charge in [0.25, 0.3) is 5.56 Å². The van der Waals surface area contributed by atoms with E-state index in [9.17, 15) is 4.79 Å². The van der Waals surface area contributed by atoms with Crippen molar-refractivity contribution in [2.45, 2.75) is 77.5 Å². The fourth-order valence-electron chi connectivity index (χ4n) is 5.53. The standard InChI is InChI=1S/C28H34N6O/c1-3-25(27-30-31-32-34(27)17-16-21-11-5-4-6-12-21)33(24-14-7-8-15-24)19-23-18-22-13-9-10-20(2)26(22)29-28(23)35/h4-6,9-13,18,24-25H,3,7-8,14-17,19H2,1-2H3,(H,29,35)/t25-/m0/s1. The molecule has 1 aliphatic rings. The van der Waals surface area contributed by atoms with Gasteiger partial charge in [0.05, 0.1) is 11.6 Å². The third-order valence-corrected chi connectivity index (χ3v) is 7.41. The Morgan fingerprint density at radius 1 is 1.11 bits per heavy atom. The maximum absolute atomic E-state index is 13.1. The first-order chi connectivity index (χ1) is 17.1. The molecule has 5 rings (SSSR count). The molecule has 7 nitrogen and oxygen atoms in total. The predicted octanol–water partition coefficient (Wildman–Crippen LogP) is 4.96. The first-order valence-electron chi connectivity index (χ1n) is 12.8. The number of hydrogen-bond donors (Lipinski definition) is 1. The zero-order valence-corrected chi connectivity index (χ0v) is 20.7. The van der Waals surface area contributed by atoms with E-state index in [2.05, 4.69) is 68.7 Å². The third kappa shape index (κ3) is 5.05. The number of fused-ring (bicyclic) bond motifs is 1. The fourth-order valence-corrected chi connectivity index (χ4v) is 5.53. The summed E-state index contributed by atoms with van der Waals surface area (Å²) in [6.45, 7) is 5.55. The molecule has 1 N–H and O–H groups in total. The second-order valence-electron chi connectivity index (χ2n) is 9.69. The SMILES string of the molecule is CC[C@@H](c1nnnn1CCc1ccccc1)N(Cc1cc2cccc(C)c2[nH]c1=O)C1CCCC1. The van der Waals surface area contributed by atoms with Gasteiger partial charge < -0.3 is 4.98 Å². The number of H-pyrrole nitrogens is 1. The van der Waals surface area contributed by atoms with Crippen molar-refractivity contribution in [3.05, 3.63) is 87.5 Å². The first-order valence-corrected chi connectivity index (χ1v) is 12.8. The second kappa shape index (κ2) is 10.5. The van der Waals surface area contributed by atoms with Crippen molar-refractivity contribution in [1.29, 1.82) is 0 Å². The topological polar surface area (TPSA) is 79.7 Å². The maximum atomic E-state index is 13.1. The van der Waals surface area contributed by atoms with Crippen LogP contribution in [-0.2, 0) is 19.5 Å². The quantitative estimate of drug-likeness (QED) is 0.374. The van der Waals surface area contributed by atoms with Crippen LogP contribution in [-0.4, -0.2) is 36.1 Å². The fraction of sp³-hybridized carbons (Fsp3) is 0.429. The molecule has 0 bridgehead atoms. The monoisotopic (exact) mass is 470 g/mol. The zero-order valence-electron chi connectivity index (χ0n) is 20.7. The van der Waals surface area contributed by atoms with Crippen molar-refractivity contribution in [1.82, 2.24) is 30.1 Å². The van der Waals surface area contributed by atoms with Gasteiger partial charge in [0.2, 0.25) is 0 Å². The summed E-state index contributed by atoms with van der Waals surface area (Å²) in [6.07, 6.45) is 6.50. The van der Waals surface area contributed by atoms with E-state index in [1.54, 1.807) is 0 Å². The van der Waals surface area contributed by atoms with Crippen LogP contribution in [0.3, 0.4) is 0 Å². The molecule has 0 spiro atoms. The number of aromatic nitrogens is 5. The molecule has 0 amide bonds. The van der Waals surface area contributed by atoms with Crippen LogP contribution < -0.4 is 5.56 Å². The van der Waals surface area contributed by atoms with E-state index in [4.69, 9.17) is 0 Å². The molecule has 35 heavy (non-hydrogen) atoms. The summed E-state index contributed by atoms with van der Waals surface area (Å²) in [5.74, 6) is 0.892. The van der Waals surface area contributed by atoms with Gasteiger partial charge in [-0.05, 0) is 65.6 Å². The van der Waals surface area contributed by atoms with Crippen LogP contribution in [0, 0.1) is 6.92 Å². The molecule has 0 radical (unpaired) electrons. The van der Waals surface area contributed by atoms with Gasteiger partial charge >= 0.3 is 0 Å². The minimum absolute atomic E-state index is 0.00619. The van der Waals surface area contributed by atoms with E-state index in [0.29, 0.717) is 12.6 Å². The normalized spacial score (nSPS) is 15.3. The van der Waals surface area contributed by atoms with Crippen LogP contribution in [0.1, 0.15) is 67.6 Å². The highest BCUT2D eigenvalue weighted by Crippen LogP contribution is 2.33. The molecular weight excluding hydrogens is 436 g/mol. The molecule has 1 atom stereocenters. The number of aryl methyl sites for hydroxylation is 3. The van der Waals surface area contributed by atoms with E-state index in [-0.39, 0.29) is 11.6 Å². The maximum Gasteiger partial charge on any atom is 0.252 e. The molecule has 0 unspecified atom stereocenters. The van der Waals surface area contributed by atoms with Crippen molar-refractivity contribution in [2.24, 2.45) is 0 Å². The Kier molecular flexibility index (Phi) is 7.04. The highest BCUT2D eigenvalue weighted by atomic mass is 16.1. The van der Waals surface area contributed by atoms with Gasteiger partial charge in [-0.15, -0.1) is 5.10 Å². The average Bonchev–Trinajstić information content (AvgIpc) is 3.57. The molecule has 2 aromatic carbocycles. The Labute approximate surface area is 206 Å². The van der Waals surface area contributed by atoms with Gasteiger partial charge in [-0.3, -0.25) is 9.69 Å². The van der Waals surface area contributed by atoms with E-state index in [1.807, 2.05) is 29.8 Å². The zero-order chi connectivity index (χ0) is 24.2. The molecule has 2 aromatic heterocycles. The molecule has 0 saturated heterocycles. The first kappa shape index (κ1) is 23.4. The Bertz CT molecular complexity index is 1320. The number of nitrogens with one attached hydrogen (secondary N) is 1. The van der Waals surface area contributed by atoms with E-state index < -0.39 is 0 Å². The Morgan fingerprint density at radius 2 is 1.91 bits per heavy atom. The van der Waals surface area contributed by atoms with Crippen molar-refractivity contribution >= 4 is 10.9 Å². The number of hydrogen-bond acceptors (Lipinski definition) is 5. The van der Waals surface area contributed by atoms with Crippen LogP contribution >= 0.6 is 0 Å². The van der Waals surface area contributed by atoms with Gasteiger partial charge in [-0.2, -0.15) is 0 Å². The van der Waals surface area contributed by atoms with Crippen LogP contribution in [0.2, 0.25) is 0 Å². The molecule has 7 heteroatoms. The number of nitrogens with zero attached hydrogens (tertiary/aromatic N) is 5. The smallest absolute Gasteiger partial charge is 0.252 e. The van der Waals surface area contributed by atoms with Crippen molar-refractivity contribution in [3.63, 3.8) is 0 Å². The molecule has 1 aliphatic carbocycles. The summed E-state index contributed by atoms with van der Waals surface area (Å²) in [6, 6.07) is 19.1. The lowest BCUT2D eigenvalue weighted by atomic mass is 10.0. The van der Waals surface area contributed by atoms with Gasteiger partial charge in [-0.25, -0.2) is 4.68 Å². The summed E-state index contributed by atoms with van der Waals surface area (Å²) in [5.41, 5.74) is 4.08. The number of para-hydroxylation sites is 1. The predicted molar refractivity (Wildman–Crippen MR) is 138 cm³/mol. The Hall–Kier alpha value is -3.32. The van der Waals surface area contributed by atoms with Crippen LogP contribution in [0.25, 0.3) is 10.9 Å². The number of rotatable bonds is 9. The summed E-state index contributed by atoms with van der Waals surface area (Å²) in [5, 5.41) is 14.0. The number of pyridine rings is 1. The van der Waals surface area contributed by atoms with Gasteiger partial charge in [0, 0.05) is 24.7 Å². The van der Waals surface area contributed by atoms with Crippen molar-refractivity contribution in [3.8, 4) is 0 Å². The number of tetrazole rings is 1. The molecular formula is C28H34N6O. The molecule has 0 aliphatic heterocycles. The van der Waals surface area contributed by atoms with Crippen molar-refractivity contribution in [2.75, 3.05) is 0 Å². The summed E-state index contributed by atoms with van der Waals surface area (Å²) < 4.78 is 1.96. The van der Waals surface area contributed by atoms with E-state index in [1.165, 1.54) is 18.4 Å². The molecule has 4 aromatic rings. The lowest BCUT2D eigenvalue weighted by Gasteiger charge is -2.35. The van der Waals surface area contributed by atoms with Gasteiger partial charge in [0.15, 0.2) is 5.82 Å². The second-order valence-corrected chi connectivity index (χ2v) is 9.69. The Morgan fingerprint density at radius 3 is 2.69 bits per heavy atom. The summed E-state index contributed by atoms with van der Waals surface area (Å²) >= 11 is 0. The number of aromatic amines is 1. The lowest BCUT2D eigenvalue weighted by molar-refractivity contribution is 0.112. The van der Waals surface area contributed by atoms with Crippen molar-refractivity contribution < 1.29 is 0 Å².